The molecule has 1 aromatic carbocycles. The molecule has 0 bridgehead atoms. The van der Waals surface area contributed by atoms with E-state index in [2.05, 4.69) is 54.7 Å². The Bertz CT molecular complexity index is 636. The van der Waals surface area contributed by atoms with E-state index in [1.807, 2.05) is 26.8 Å². The maximum absolute atomic E-state index is 12.1. The van der Waals surface area contributed by atoms with Gasteiger partial charge >= 0.3 is 0 Å². The molecule has 2 rings (SSSR count). The molecule has 1 aliphatic rings. The van der Waals surface area contributed by atoms with Gasteiger partial charge in [-0.15, -0.1) is 24.0 Å². The van der Waals surface area contributed by atoms with Crippen LogP contribution in [0.2, 0.25) is 0 Å². The van der Waals surface area contributed by atoms with Crippen LogP contribution in [0.25, 0.3) is 0 Å². The molecule has 1 aliphatic heterocycles. The lowest BCUT2D eigenvalue weighted by Crippen LogP contribution is -2.46. The number of hydrogen-bond acceptors (Lipinski definition) is 3. The summed E-state index contributed by atoms with van der Waals surface area (Å²) in [6.45, 7) is 8.63. The van der Waals surface area contributed by atoms with Crippen molar-refractivity contribution >= 4 is 62.4 Å². The van der Waals surface area contributed by atoms with Crippen molar-refractivity contribution in [3.05, 3.63) is 28.7 Å². The summed E-state index contributed by atoms with van der Waals surface area (Å²) in [5.41, 5.74) is 1.23. The molecule has 8 heteroatoms. The number of aliphatic imine (C=N–C) groups is 1. The molecule has 2 unspecified atom stereocenters. The molecule has 26 heavy (non-hydrogen) atoms. The summed E-state index contributed by atoms with van der Waals surface area (Å²) in [6.07, 6.45) is 1.07. The maximum atomic E-state index is 12.1. The molecule has 1 fully saturated rings. The minimum absolute atomic E-state index is 0. The third kappa shape index (κ3) is 6.99. The molecule has 148 valence electrons. The van der Waals surface area contributed by atoms with E-state index in [-0.39, 0.29) is 28.7 Å². The summed E-state index contributed by atoms with van der Waals surface area (Å²) < 4.78 is 13.1. The Labute approximate surface area is 185 Å². The van der Waals surface area contributed by atoms with Crippen molar-refractivity contribution in [2.45, 2.75) is 38.0 Å². The van der Waals surface area contributed by atoms with E-state index >= 15 is 0 Å². The Morgan fingerprint density at radius 3 is 2.69 bits per heavy atom. The topological polar surface area (TPSA) is 56.7 Å². The second-order valence-corrected chi connectivity index (χ2v) is 10.4. The average Bonchev–Trinajstić information content (AvgIpc) is 3.01. The Kier molecular flexibility index (Phi) is 9.88. The Hall–Kier alpha value is -0.350. The number of benzene rings is 1. The van der Waals surface area contributed by atoms with Gasteiger partial charge in [0.1, 0.15) is 0 Å². The highest BCUT2D eigenvalue weighted by atomic mass is 127. The van der Waals surface area contributed by atoms with Gasteiger partial charge in [-0.25, -0.2) is 0 Å². The molecule has 5 nitrogen and oxygen atoms in total. The SMILES string of the molecule is CN=C(NCCS(=O)C(C)(C)C)NC1CCN(c2ccccc2Br)C1.I. The van der Waals surface area contributed by atoms with Crippen molar-refractivity contribution in [2.24, 2.45) is 4.99 Å². The quantitative estimate of drug-likeness (QED) is 0.332. The fourth-order valence-corrected chi connectivity index (χ4v) is 4.20. The van der Waals surface area contributed by atoms with Crippen LogP contribution in [0.15, 0.2) is 33.7 Å². The normalized spacial score (nSPS) is 19.0. The smallest absolute Gasteiger partial charge is 0.191 e. The number of guanidine groups is 1. The van der Waals surface area contributed by atoms with E-state index in [0.29, 0.717) is 18.3 Å². The summed E-state index contributed by atoms with van der Waals surface area (Å²) in [4.78, 5) is 6.67. The summed E-state index contributed by atoms with van der Waals surface area (Å²) >= 11 is 3.63. The van der Waals surface area contributed by atoms with Gasteiger partial charge in [0.05, 0.1) is 5.69 Å². The molecular formula is C18H30BrIN4OS. The molecule has 0 amide bonds. The summed E-state index contributed by atoms with van der Waals surface area (Å²) in [5.74, 6) is 1.41. The highest BCUT2D eigenvalue weighted by Crippen LogP contribution is 2.28. The van der Waals surface area contributed by atoms with Crippen LogP contribution in [0, 0.1) is 0 Å². The molecule has 1 saturated heterocycles. The van der Waals surface area contributed by atoms with Crippen molar-refractivity contribution in [3.8, 4) is 0 Å². The minimum atomic E-state index is -0.852. The van der Waals surface area contributed by atoms with Gasteiger partial charge in [0.15, 0.2) is 5.96 Å². The number of anilines is 1. The van der Waals surface area contributed by atoms with Crippen LogP contribution in [0.5, 0.6) is 0 Å². The molecule has 2 atom stereocenters. The molecule has 0 radical (unpaired) electrons. The number of para-hydroxylation sites is 1. The standard InChI is InChI=1S/C18H29BrN4OS.HI/c1-18(2,3)25(24)12-10-21-17(20-4)22-14-9-11-23(13-14)16-8-6-5-7-15(16)19;/h5-8,14H,9-13H2,1-4H3,(H2,20,21,22);1H. The van der Waals surface area contributed by atoms with Crippen LogP contribution < -0.4 is 15.5 Å². The number of nitrogens with zero attached hydrogens (tertiary/aromatic N) is 2. The third-order valence-electron chi connectivity index (χ3n) is 4.21. The van der Waals surface area contributed by atoms with Crippen LogP contribution in [-0.4, -0.2) is 53.4 Å². The zero-order valence-corrected chi connectivity index (χ0v) is 20.7. The van der Waals surface area contributed by atoms with E-state index in [0.717, 1.165) is 29.9 Å². The van der Waals surface area contributed by atoms with E-state index in [1.165, 1.54) is 5.69 Å². The van der Waals surface area contributed by atoms with Gasteiger partial charge in [0, 0.05) is 58.5 Å². The van der Waals surface area contributed by atoms with Gasteiger partial charge in [-0.3, -0.25) is 9.20 Å². The average molecular weight is 557 g/mol. The number of halogens is 2. The lowest BCUT2D eigenvalue weighted by molar-refractivity contribution is 0.641. The highest BCUT2D eigenvalue weighted by molar-refractivity contribution is 14.0. The highest BCUT2D eigenvalue weighted by Gasteiger charge is 2.24. The van der Waals surface area contributed by atoms with Gasteiger partial charge in [0.2, 0.25) is 0 Å². The Morgan fingerprint density at radius 2 is 2.08 bits per heavy atom. The zero-order valence-electron chi connectivity index (χ0n) is 15.9. The molecule has 0 spiro atoms. The Morgan fingerprint density at radius 1 is 1.38 bits per heavy atom. The fraction of sp³-hybridized carbons (Fsp3) is 0.611. The number of nitrogens with one attached hydrogen (secondary N) is 2. The number of hydrogen-bond donors (Lipinski definition) is 2. The first kappa shape index (κ1) is 23.7. The first-order chi connectivity index (χ1) is 11.8. The van der Waals surface area contributed by atoms with Gasteiger partial charge in [0.25, 0.3) is 0 Å². The van der Waals surface area contributed by atoms with E-state index in [9.17, 15) is 4.21 Å². The van der Waals surface area contributed by atoms with Crippen molar-refractivity contribution < 1.29 is 4.21 Å². The molecule has 0 aromatic heterocycles. The van der Waals surface area contributed by atoms with Gasteiger partial charge in [-0.2, -0.15) is 0 Å². The van der Waals surface area contributed by atoms with Crippen molar-refractivity contribution in [1.82, 2.24) is 10.6 Å². The first-order valence-electron chi connectivity index (χ1n) is 8.66. The summed E-state index contributed by atoms with van der Waals surface area (Å²) in [7, 11) is 0.923. The van der Waals surface area contributed by atoms with Crippen LogP contribution in [0.4, 0.5) is 5.69 Å². The second-order valence-electron chi connectivity index (χ2n) is 7.19. The predicted molar refractivity (Wildman–Crippen MR) is 127 cm³/mol. The summed E-state index contributed by atoms with van der Waals surface area (Å²) in [5, 5.41) is 6.76. The van der Waals surface area contributed by atoms with Crippen LogP contribution in [0.1, 0.15) is 27.2 Å². The van der Waals surface area contributed by atoms with Crippen LogP contribution >= 0.6 is 39.9 Å². The van der Waals surface area contributed by atoms with Crippen molar-refractivity contribution in [2.75, 3.05) is 37.3 Å². The number of rotatable bonds is 5. The largest absolute Gasteiger partial charge is 0.368 e. The third-order valence-corrected chi connectivity index (χ3v) is 6.82. The molecule has 0 saturated carbocycles. The first-order valence-corrected chi connectivity index (χ1v) is 10.8. The minimum Gasteiger partial charge on any atom is -0.368 e. The molecular weight excluding hydrogens is 527 g/mol. The monoisotopic (exact) mass is 556 g/mol. The zero-order chi connectivity index (χ0) is 18.4. The lowest BCUT2D eigenvalue weighted by Gasteiger charge is -2.22. The van der Waals surface area contributed by atoms with E-state index in [1.54, 1.807) is 7.05 Å². The summed E-state index contributed by atoms with van der Waals surface area (Å²) in [6, 6.07) is 8.67. The van der Waals surface area contributed by atoms with Gasteiger partial charge in [-0.05, 0) is 55.3 Å². The lowest BCUT2D eigenvalue weighted by atomic mass is 10.3. The van der Waals surface area contributed by atoms with Crippen molar-refractivity contribution in [3.63, 3.8) is 0 Å². The fourth-order valence-electron chi connectivity index (χ4n) is 2.76. The van der Waals surface area contributed by atoms with Crippen LogP contribution in [-0.2, 0) is 10.8 Å². The molecule has 0 aliphatic carbocycles. The van der Waals surface area contributed by atoms with E-state index < -0.39 is 10.8 Å². The van der Waals surface area contributed by atoms with Crippen molar-refractivity contribution in [1.29, 1.82) is 0 Å². The Balaban J connectivity index is 0.00000338. The van der Waals surface area contributed by atoms with Gasteiger partial charge in [-0.1, -0.05) is 12.1 Å². The van der Waals surface area contributed by atoms with Crippen LogP contribution in [0.3, 0.4) is 0 Å². The molecule has 2 N–H and O–H groups in total. The molecule has 1 heterocycles. The maximum Gasteiger partial charge on any atom is 0.191 e. The second kappa shape index (κ2) is 10.8. The van der Waals surface area contributed by atoms with E-state index in [4.69, 9.17) is 0 Å². The molecule has 1 aromatic rings. The van der Waals surface area contributed by atoms with Gasteiger partial charge < -0.3 is 15.5 Å². The predicted octanol–water partition coefficient (Wildman–Crippen LogP) is 3.36.